The number of hydrogen-bond donors (Lipinski definition) is 0. The minimum absolute atomic E-state index is 0.144. The molecule has 0 rings (SSSR count). The number of esters is 1. The van der Waals surface area contributed by atoms with E-state index in [1.165, 1.54) is 18.6 Å². The number of ether oxygens (including phenoxy) is 1. The van der Waals surface area contributed by atoms with Gasteiger partial charge < -0.3 is 4.74 Å². The Morgan fingerprint density at radius 1 is 1.43 bits per heavy atom. The third-order valence-corrected chi connectivity index (χ3v) is 2.98. The van der Waals surface area contributed by atoms with E-state index in [9.17, 15) is 4.79 Å². The molecule has 0 N–H and O–H groups in total. The molecule has 0 heterocycles. The van der Waals surface area contributed by atoms with Crippen molar-refractivity contribution in [2.24, 2.45) is 0 Å². The normalized spacial score (nSPS) is 10.6. The lowest BCUT2D eigenvalue weighted by Crippen LogP contribution is -2.31. The summed E-state index contributed by atoms with van der Waals surface area (Å²) in [5, 5.41) is 0. The number of carbonyl (C=O) groups excluding carboxylic acids is 1. The van der Waals surface area contributed by atoms with Gasteiger partial charge in [-0.3, -0.25) is 9.69 Å². The smallest absolute Gasteiger partial charge is 0.319 e. The Kier molecular flexibility index (Phi) is 9.19. The van der Waals surface area contributed by atoms with Gasteiger partial charge in [-0.05, 0) is 31.0 Å². The fourth-order valence-corrected chi connectivity index (χ4v) is 1.75. The lowest BCUT2D eigenvalue weighted by molar-refractivity contribution is -0.141. The maximum atomic E-state index is 11.0. The monoisotopic (exact) mass is 219 g/mol. The largest absolute Gasteiger partial charge is 0.468 e. The summed E-state index contributed by atoms with van der Waals surface area (Å²) in [5.74, 6) is 2.20. The Morgan fingerprint density at radius 3 is 2.64 bits per heavy atom. The van der Waals surface area contributed by atoms with Gasteiger partial charge in [0, 0.05) is 0 Å². The topological polar surface area (TPSA) is 29.5 Å². The standard InChI is InChI=1S/C10H21NO2S/c1-4-11(9-10(12)13-3)7-6-8-14-5-2/h4-9H2,1-3H3. The van der Waals surface area contributed by atoms with Gasteiger partial charge >= 0.3 is 5.97 Å². The van der Waals surface area contributed by atoms with E-state index in [-0.39, 0.29) is 5.97 Å². The molecule has 0 spiro atoms. The van der Waals surface area contributed by atoms with Crippen LogP contribution in [-0.4, -0.2) is 49.1 Å². The lowest BCUT2D eigenvalue weighted by Gasteiger charge is -2.18. The molecule has 14 heavy (non-hydrogen) atoms. The number of likely N-dealkylation sites (N-methyl/N-ethyl adjacent to an activating group) is 1. The van der Waals surface area contributed by atoms with Crippen LogP contribution in [0.4, 0.5) is 0 Å². The number of rotatable bonds is 8. The Balaban J connectivity index is 3.52. The first-order valence-electron chi connectivity index (χ1n) is 5.11. The molecule has 3 nitrogen and oxygen atoms in total. The van der Waals surface area contributed by atoms with Crippen LogP contribution in [0.1, 0.15) is 20.3 Å². The first-order chi connectivity index (χ1) is 6.74. The number of thioether (sulfide) groups is 1. The highest BCUT2D eigenvalue weighted by molar-refractivity contribution is 7.99. The second-order valence-electron chi connectivity index (χ2n) is 3.00. The molecule has 0 unspecified atom stereocenters. The van der Waals surface area contributed by atoms with Crippen LogP contribution in [0.3, 0.4) is 0 Å². The highest BCUT2D eigenvalue weighted by Crippen LogP contribution is 2.02. The van der Waals surface area contributed by atoms with Crippen LogP contribution >= 0.6 is 11.8 Å². The minimum Gasteiger partial charge on any atom is -0.468 e. The highest BCUT2D eigenvalue weighted by Gasteiger charge is 2.07. The zero-order valence-electron chi connectivity index (χ0n) is 9.41. The average Bonchev–Trinajstić information content (AvgIpc) is 2.22. The summed E-state index contributed by atoms with van der Waals surface area (Å²) in [6.45, 7) is 6.54. The van der Waals surface area contributed by atoms with Gasteiger partial charge in [0.05, 0.1) is 13.7 Å². The van der Waals surface area contributed by atoms with E-state index in [0.717, 1.165) is 19.5 Å². The Labute approximate surface area is 91.2 Å². The van der Waals surface area contributed by atoms with Gasteiger partial charge in [0.25, 0.3) is 0 Å². The zero-order chi connectivity index (χ0) is 10.8. The average molecular weight is 219 g/mol. The van der Waals surface area contributed by atoms with E-state index >= 15 is 0 Å². The molecular formula is C10H21NO2S. The quantitative estimate of drug-likeness (QED) is 0.458. The second-order valence-corrected chi connectivity index (χ2v) is 4.39. The Morgan fingerprint density at radius 2 is 2.14 bits per heavy atom. The van der Waals surface area contributed by atoms with Crippen LogP contribution < -0.4 is 0 Å². The van der Waals surface area contributed by atoms with Crippen molar-refractivity contribution in [3.63, 3.8) is 0 Å². The number of hydrogen-bond acceptors (Lipinski definition) is 4. The van der Waals surface area contributed by atoms with E-state index in [1.54, 1.807) is 0 Å². The minimum atomic E-state index is -0.144. The van der Waals surface area contributed by atoms with Crippen molar-refractivity contribution in [2.45, 2.75) is 20.3 Å². The van der Waals surface area contributed by atoms with Gasteiger partial charge in [0.15, 0.2) is 0 Å². The predicted octanol–water partition coefficient (Wildman–Crippen LogP) is 1.62. The van der Waals surface area contributed by atoms with Crippen LogP contribution in [0.15, 0.2) is 0 Å². The lowest BCUT2D eigenvalue weighted by atomic mass is 10.4. The van der Waals surface area contributed by atoms with Gasteiger partial charge in [-0.1, -0.05) is 13.8 Å². The molecule has 0 amide bonds. The van der Waals surface area contributed by atoms with Gasteiger partial charge in [0.2, 0.25) is 0 Å². The van der Waals surface area contributed by atoms with Crippen LogP contribution in [0.25, 0.3) is 0 Å². The molecule has 0 aromatic heterocycles. The van der Waals surface area contributed by atoms with E-state index in [0.29, 0.717) is 6.54 Å². The number of methoxy groups -OCH3 is 1. The molecule has 0 aliphatic heterocycles. The van der Waals surface area contributed by atoms with Crippen LogP contribution in [0.5, 0.6) is 0 Å². The molecule has 0 fully saturated rings. The van der Waals surface area contributed by atoms with E-state index in [4.69, 9.17) is 0 Å². The molecule has 0 atom stereocenters. The highest BCUT2D eigenvalue weighted by atomic mass is 32.2. The second kappa shape index (κ2) is 9.34. The molecule has 0 saturated carbocycles. The van der Waals surface area contributed by atoms with Crippen molar-refractivity contribution in [1.29, 1.82) is 0 Å². The van der Waals surface area contributed by atoms with E-state index < -0.39 is 0 Å². The Hall–Kier alpha value is -0.220. The van der Waals surface area contributed by atoms with Gasteiger partial charge in [-0.15, -0.1) is 0 Å². The Bertz CT molecular complexity index is 153. The van der Waals surface area contributed by atoms with Crippen molar-refractivity contribution in [3.05, 3.63) is 0 Å². The molecule has 0 aromatic carbocycles. The maximum absolute atomic E-state index is 11.0. The predicted molar refractivity (Wildman–Crippen MR) is 61.7 cm³/mol. The van der Waals surface area contributed by atoms with Crippen molar-refractivity contribution in [1.82, 2.24) is 4.90 Å². The molecule has 84 valence electrons. The maximum Gasteiger partial charge on any atom is 0.319 e. The summed E-state index contributed by atoms with van der Waals surface area (Å²) in [4.78, 5) is 13.1. The molecule has 0 aromatic rings. The molecule has 0 bridgehead atoms. The third-order valence-electron chi connectivity index (χ3n) is 1.99. The van der Waals surface area contributed by atoms with Crippen molar-refractivity contribution in [2.75, 3.05) is 38.2 Å². The van der Waals surface area contributed by atoms with Crippen molar-refractivity contribution < 1.29 is 9.53 Å². The third kappa shape index (κ3) is 7.21. The zero-order valence-corrected chi connectivity index (χ0v) is 10.2. The van der Waals surface area contributed by atoms with Crippen LogP contribution in [0, 0.1) is 0 Å². The fraction of sp³-hybridized carbons (Fsp3) is 0.900. The first-order valence-corrected chi connectivity index (χ1v) is 6.26. The molecule has 4 heteroatoms. The summed E-state index contributed by atoms with van der Waals surface area (Å²) < 4.78 is 4.62. The summed E-state index contributed by atoms with van der Waals surface area (Å²) >= 11 is 1.94. The van der Waals surface area contributed by atoms with Crippen LogP contribution in [-0.2, 0) is 9.53 Å². The SMILES string of the molecule is CCSCCCN(CC)CC(=O)OC. The van der Waals surface area contributed by atoms with Gasteiger partial charge in [-0.25, -0.2) is 0 Å². The fourth-order valence-electron chi connectivity index (χ4n) is 1.13. The number of nitrogens with zero attached hydrogens (tertiary/aromatic N) is 1. The summed E-state index contributed by atoms with van der Waals surface area (Å²) in [5.41, 5.74) is 0. The van der Waals surface area contributed by atoms with Crippen molar-refractivity contribution in [3.8, 4) is 0 Å². The molecule has 0 aliphatic rings. The van der Waals surface area contributed by atoms with Gasteiger partial charge in [-0.2, -0.15) is 11.8 Å². The van der Waals surface area contributed by atoms with E-state index in [1.807, 2.05) is 11.8 Å². The molecule has 0 saturated heterocycles. The number of carbonyl (C=O) groups is 1. The molecular weight excluding hydrogens is 198 g/mol. The first kappa shape index (κ1) is 13.8. The van der Waals surface area contributed by atoms with Gasteiger partial charge in [0.1, 0.15) is 0 Å². The van der Waals surface area contributed by atoms with Crippen LogP contribution in [0.2, 0.25) is 0 Å². The van der Waals surface area contributed by atoms with E-state index in [2.05, 4.69) is 23.5 Å². The summed E-state index contributed by atoms with van der Waals surface area (Å²) in [6.07, 6.45) is 1.14. The summed E-state index contributed by atoms with van der Waals surface area (Å²) in [6, 6.07) is 0. The molecule has 0 aliphatic carbocycles. The van der Waals surface area contributed by atoms with Crippen molar-refractivity contribution >= 4 is 17.7 Å². The molecule has 0 radical (unpaired) electrons. The summed E-state index contributed by atoms with van der Waals surface area (Å²) in [7, 11) is 1.43.